The summed E-state index contributed by atoms with van der Waals surface area (Å²) < 4.78 is 5.36. The van der Waals surface area contributed by atoms with Gasteiger partial charge in [-0.05, 0) is 13.3 Å². The molecule has 1 heterocycles. The fourth-order valence-electron chi connectivity index (χ4n) is 1.27. The van der Waals surface area contributed by atoms with E-state index in [2.05, 4.69) is 22.2 Å². The van der Waals surface area contributed by atoms with Gasteiger partial charge < -0.3 is 15.2 Å². The number of aliphatic hydroxyl groups excluding tert-OH is 1. The number of thioether (sulfide) groups is 1. The average molecular weight is 271 g/mol. The van der Waals surface area contributed by atoms with E-state index in [1.165, 1.54) is 18.1 Å². The lowest BCUT2D eigenvalue weighted by Crippen LogP contribution is -2.15. The molecule has 18 heavy (non-hydrogen) atoms. The lowest BCUT2D eigenvalue weighted by Gasteiger charge is -2.16. The van der Waals surface area contributed by atoms with Crippen molar-refractivity contribution >= 4 is 17.6 Å². The van der Waals surface area contributed by atoms with Gasteiger partial charge in [-0.2, -0.15) is 0 Å². The van der Waals surface area contributed by atoms with Gasteiger partial charge in [0, 0.05) is 11.8 Å². The normalized spacial score (nSPS) is 14.1. The Morgan fingerprint density at radius 3 is 2.72 bits per heavy atom. The molecule has 2 N–H and O–H groups in total. The first kappa shape index (κ1) is 15.0. The minimum Gasteiger partial charge on any atom is -0.490 e. The number of nitrogens with zero attached hydrogens (tertiary/aromatic N) is 2. The summed E-state index contributed by atoms with van der Waals surface area (Å²) >= 11 is 1.48. The Kier molecular flexibility index (Phi) is 6.21. The average Bonchev–Trinajstić information content (AvgIpc) is 2.36. The van der Waals surface area contributed by atoms with Crippen LogP contribution >= 0.6 is 11.8 Å². The molecule has 5 nitrogen and oxygen atoms in total. The van der Waals surface area contributed by atoms with Gasteiger partial charge in [0.05, 0.1) is 13.2 Å². The van der Waals surface area contributed by atoms with E-state index < -0.39 is 6.10 Å². The number of nitrogens with one attached hydrogen (secondary N) is 1. The highest BCUT2D eigenvalue weighted by molar-refractivity contribution is 8.00. The van der Waals surface area contributed by atoms with E-state index in [1.54, 1.807) is 14.0 Å². The molecule has 0 fully saturated rings. The Labute approximate surface area is 112 Å². The molecule has 2 unspecified atom stereocenters. The first-order valence-electron chi connectivity index (χ1n) is 6.07. The van der Waals surface area contributed by atoms with Gasteiger partial charge >= 0.3 is 0 Å². The van der Waals surface area contributed by atoms with Crippen molar-refractivity contribution in [1.29, 1.82) is 0 Å². The molecule has 0 aromatic carbocycles. The van der Waals surface area contributed by atoms with Crippen molar-refractivity contribution in [1.82, 2.24) is 9.97 Å². The summed E-state index contributed by atoms with van der Waals surface area (Å²) in [5, 5.41) is 13.5. The van der Waals surface area contributed by atoms with Gasteiger partial charge in [-0.25, -0.2) is 9.97 Å². The van der Waals surface area contributed by atoms with Gasteiger partial charge in [0.25, 0.3) is 0 Å². The maximum atomic E-state index is 9.54. The third-order valence-corrected chi connectivity index (χ3v) is 3.77. The fraction of sp³-hybridized carbons (Fsp3) is 0.667. The molecule has 1 rings (SSSR count). The second kappa shape index (κ2) is 7.43. The lowest BCUT2D eigenvalue weighted by molar-refractivity contribution is 0.196. The zero-order valence-electron chi connectivity index (χ0n) is 11.3. The van der Waals surface area contributed by atoms with Gasteiger partial charge in [-0.15, -0.1) is 0 Å². The number of aliphatic hydroxyl groups is 1. The summed E-state index contributed by atoms with van der Waals surface area (Å²) in [4.78, 5) is 8.39. The van der Waals surface area contributed by atoms with Crippen molar-refractivity contribution in [2.75, 3.05) is 19.0 Å². The van der Waals surface area contributed by atoms with Gasteiger partial charge in [-0.1, -0.05) is 25.6 Å². The molecule has 0 bridgehead atoms. The first-order chi connectivity index (χ1) is 8.60. The van der Waals surface area contributed by atoms with Crippen molar-refractivity contribution in [3.8, 4) is 5.75 Å². The molecule has 6 heteroatoms. The molecule has 0 spiro atoms. The Hall–Kier alpha value is -1.01. The van der Waals surface area contributed by atoms with Crippen molar-refractivity contribution in [2.45, 2.75) is 43.6 Å². The molecule has 0 aliphatic carbocycles. The van der Waals surface area contributed by atoms with Crippen LogP contribution in [-0.2, 0) is 0 Å². The molecule has 0 radical (unpaired) electrons. The SMILES string of the molecule is CCCNc1ncnc(SC(C)C(C)O)c1OC. The standard InChI is InChI=1S/C12H21N3O2S/c1-5-6-13-11-10(17-4)12(15-7-14-11)18-9(3)8(2)16/h7-9,16H,5-6H2,1-4H3,(H,13,14,15). The van der Waals surface area contributed by atoms with Crippen LogP contribution in [0.15, 0.2) is 11.4 Å². The topological polar surface area (TPSA) is 67.3 Å². The van der Waals surface area contributed by atoms with Crippen LogP contribution in [0.25, 0.3) is 0 Å². The number of anilines is 1. The van der Waals surface area contributed by atoms with Crippen LogP contribution in [0.5, 0.6) is 5.75 Å². The summed E-state index contributed by atoms with van der Waals surface area (Å²) in [6.07, 6.45) is 2.12. The van der Waals surface area contributed by atoms with Crippen LogP contribution in [0.3, 0.4) is 0 Å². The zero-order valence-corrected chi connectivity index (χ0v) is 12.1. The maximum absolute atomic E-state index is 9.54. The second-order valence-electron chi connectivity index (χ2n) is 4.05. The molecular formula is C12H21N3O2S. The minimum atomic E-state index is -0.401. The van der Waals surface area contributed by atoms with E-state index in [0.29, 0.717) is 11.6 Å². The Bertz CT molecular complexity index is 374. The number of hydrogen-bond acceptors (Lipinski definition) is 6. The van der Waals surface area contributed by atoms with Gasteiger partial charge in [0.2, 0.25) is 0 Å². The number of ether oxygens (including phenoxy) is 1. The highest BCUT2D eigenvalue weighted by Crippen LogP contribution is 2.35. The Morgan fingerprint density at radius 1 is 1.44 bits per heavy atom. The van der Waals surface area contributed by atoms with Crippen molar-refractivity contribution in [3.05, 3.63) is 6.33 Å². The summed E-state index contributed by atoms with van der Waals surface area (Å²) in [7, 11) is 1.60. The van der Waals surface area contributed by atoms with E-state index >= 15 is 0 Å². The number of rotatable bonds is 7. The summed E-state index contributed by atoms with van der Waals surface area (Å²) in [6, 6.07) is 0. The van der Waals surface area contributed by atoms with E-state index in [4.69, 9.17) is 4.74 Å². The monoisotopic (exact) mass is 271 g/mol. The Balaban J connectivity index is 2.90. The van der Waals surface area contributed by atoms with E-state index in [0.717, 1.165) is 18.0 Å². The molecule has 0 amide bonds. The molecule has 1 aromatic heterocycles. The number of methoxy groups -OCH3 is 1. The highest BCUT2D eigenvalue weighted by atomic mass is 32.2. The van der Waals surface area contributed by atoms with Crippen molar-refractivity contribution < 1.29 is 9.84 Å². The van der Waals surface area contributed by atoms with E-state index in [1.807, 2.05) is 6.92 Å². The van der Waals surface area contributed by atoms with E-state index in [-0.39, 0.29) is 5.25 Å². The zero-order chi connectivity index (χ0) is 13.5. The predicted molar refractivity (Wildman–Crippen MR) is 74.4 cm³/mol. The van der Waals surface area contributed by atoms with E-state index in [9.17, 15) is 5.11 Å². The molecule has 2 atom stereocenters. The number of hydrogen-bond donors (Lipinski definition) is 2. The molecule has 0 aliphatic heterocycles. The van der Waals surface area contributed by atoms with Crippen LogP contribution in [0.4, 0.5) is 5.82 Å². The highest BCUT2D eigenvalue weighted by Gasteiger charge is 2.17. The van der Waals surface area contributed by atoms with Gasteiger partial charge in [0.15, 0.2) is 11.6 Å². The predicted octanol–water partition coefficient (Wildman–Crippen LogP) is 2.17. The summed E-state index contributed by atoms with van der Waals surface area (Å²) in [5.74, 6) is 1.35. The van der Waals surface area contributed by atoms with Crippen LogP contribution in [0, 0.1) is 0 Å². The fourth-order valence-corrected chi connectivity index (χ4v) is 2.21. The third kappa shape index (κ3) is 4.03. The lowest BCUT2D eigenvalue weighted by atomic mass is 10.3. The first-order valence-corrected chi connectivity index (χ1v) is 6.95. The van der Waals surface area contributed by atoms with Crippen LogP contribution in [0.2, 0.25) is 0 Å². The molecule has 102 valence electrons. The minimum absolute atomic E-state index is 0.0489. The van der Waals surface area contributed by atoms with Crippen LogP contribution < -0.4 is 10.1 Å². The molecule has 0 saturated heterocycles. The Morgan fingerprint density at radius 2 is 2.17 bits per heavy atom. The second-order valence-corrected chi connectivity index (χ2v) is 5.42. The molecule has 1 aromatic rings. The summed E-state index contributed by atoms with van der Waals surface area (Å²) in [6.45, 7) is 6.65. The van der Waals surface area contributed by atoms with Crippen molar-refractivity contribution in [2.24, 2.45) is 0 Å². The number of aromatic nitrogens is 2. The third-order valence-electron chi connectivity index (χ3n) is 2.49. The quantitative estimate of drug-likeness (QED) is 0.585. The molecule has 0 aliphatic rings. The smallest absolute Gasteiger partial charge is 0.193 e. The van der Waals surface area contributed by atoms with Crippen LogP contribution in [-0.4, -0.2) is 40.1 Å². The molecular weight excluding hydrogens is 250 g/mol. The molecule has 0 saturated carbocycles. The van der Waals surface area contributed by atoms with Gasteiger partial charge in [0.1, 0.15) is 11.4 Å². The van der Waals surface area contributed by atoms with Crippen LogP contribution in [0.1, 0.15) is 27.2 Å². The summed E-state index contributed by atoms with van der Waals surface area (Å²) in [5.41, 5.74) is 0. The van der Waals surface area contributed by atoms with Gasteiger partial charge in [-0.3, -0.25) is 0 Å². The maximum Gasteiger partial charge on any atom is 0.193 e. The van der Waals surface area contributed by atoms with Crippen molar-refractivity contribution in [3.63, 3.8) is 0 Å². The largest absolute Gasteiger partial charge is 0.490 e.